The molecule has 0 saturated carbocycles. The number of rotatable bonds is 5. The van der Waals surface area contributed by atoms with Crippen LogP contribution in [0.15, 0.2) is 36.4 Å². The summed E-state index contributed by atoms with van der Waals surface area (Å²) in [6.45, 7) is 6.97. The molecule has 0 aliphatic heterocycles. The van der Waals surface area contributed by atoms with E-state index in [1.54, 1.807) is 0 Å². The average molecular weight is 270 g/mol. The van der Waals surface area contributed by atoms with Crippen LogP contribution in [0.3, 0.4) is 0 Å². The lowest BCUT2D eigenvalue weighted by atomic mass is 10.1. The summed E-state index contributed by atoms with van der Waals surface area (Å²) in [5.74, 6) is 0.804. The SMILES string of the molecule is CCCOc1cc(N)cc(Nc2cc(C)cc(C)c2)c1. The van der Waals surface area contributed by atoms with E-state index < -0.39 is 0 Å². The minimum Gasteiger partial charge on any atom is -0.493 e. The molecule has 0 heterocycles. The van der Waals surface area contributed by atoms with E-state index in [1.165, 1.54) is 11.1 Å². The molecule has 0 aliphatic rings. The van der Waals surface area contributed by atoms with Gasteiger partial charge in [-0.3, -0.25) is 0 Å². The average Bonchev–Trinajstić information content (AvgIpc) is 2.34. The number of nitrogen functional groups attached to an aromatic ring is 1. The van der Waals surface area contributed by atoms with E-state index in [0.717, 1.165) is 23.5 Å². The van der Waals surface area contributed by atoms with Gasteiger partial charge in [-0.05, 0) is 49.6 Å². The minimum absolute atomic E-state index is 0.700. The normalized spacial score (nSPS) is 10.3. The molecule has 0 aliphatic carbocycles. The van der Waals surface area contributed by atoms with Crippen LogP contribution in [0.2, 0.25) is 0 Å². The second-order valence-corrected chi connectivity index (χ2v) is 5.14. The fourth-order valence-corrected chi connectivity index (χ4v) is 2.21. The summed E-state index contributed by atoms with van der Waals surface area (Å²) in [5, 5.41) is 3.38. The van der Waals surface area contributed by atoms with Gasteiger partial charge in [0.1, 0.15) is 5.75 Å². The Morgan fingerprint density at radius 1 is 0.950 bits per heavy atom. The molecule has 0 fully saturated rings. The van der Waals surface area contributed by atoms with Crippen LogP contribution >= 0.6 is 0 Å². The van der Waals surface area contributed by atoms with E-state index in [2.05, 4.69) is 44.3 Å². The van der Waals surface area contributed by atoms with E-state index >= 15 is 0 Å². The molecule has 106 valence electrons. The molecular formula is C17H22N2O. The number of benzene rings is 2. The van der Waals surface area contributed by atoms with Gasteiger partial charge in [-0.25, -0.2) is 0 Å². The zero-order valence-corrected chi connectivity index (χ0v) is 12.4. The number of anilines is 3. The van der Waals surface area contributed by atoms with Crippen LogP contribution in [0.25, 0.3) is 0 Å². The second-order valence-electron chi connectivity index (χ2n) is 5.14. The lowest BCUT2D eigenvalue weighted by Gasteiger charge is -2.12. The maximum absolute atomic E-state index is 5.92. The highest BCUT2D eigenvalue weighted by Crippen LogP contribution is 2.26. The third kappa shape index (κ3) is 3.92. The second kappa shape index (κ2) is 6.33. The Morgan fingerprint density at radius 3 is 2.25 bits per heavy atom. The van der Waals surface area contributed by atoms with Crippen LogP contribution in [0, 0.1) is 13.8 Å². The molecule has 0 atom stereocenters. The van der Waals surface area contributed by atoms with Crippen molar-refractivity contribution in [2.75, 3.05) is 17.7 Å². The number of nitrogens with one attached hydrogen (secondary N) is 1. The molecule has 0 aromatic heterocycles. The Balaban J connectivity index is 2.21. The van der Waals surface area contributed by atoms with Gasteiger partial charge in [0.05, 0.1) is 6.61 Å². The largest absolute Gasteiger partial charge is 0.493 e. The molecule has 3 heteroatoms. The standard InChI is InChI=1S/C17H22N2O/c1-4-5-20-17-10-14(18)9-16(11-17)19-15-7-12(2)6-13(3)8-15/h6-11,19H,4-5,18H2,1-3H3. The zero-order valence-electron chi connectivity index (χ0n) is 12.4. The fourth-order valence-electron chi connectivity index (χ4n) is 2.21. The van der Waals surface area contributed by atoms with Crippen molar-refractivity contribution >= 4 is 17.1 Å². The summed E-state index contributed by atoms with van der Waals surface area (Å²) in [6, 6.07) is 12.1. The van der Waals surface area contributed by atoms with Crippen LogP contribution in [0.4, 0.5) is 17.1 Å². The van der Waals surface area contributed by atoms with Crippen LogP contribution in [-0.4, -0.2) is 6.61 Å². The Hall–Kier alpha value is -2.16. The summed E-state index contributed by atoms with van der Waals surface area (Å²) in [5.41, 5.74) is 11.1. The Kier molecular flexibility index (Phi) is 4.51. The van der Waals surface area contributed by atoms with Crippen molar-refractivity contribution in [3.63, 3.8) is 0 Å². The highest BCUT2D eigenvalue weighted by molar-refractivity contribution is 5.67. The number of hydrogen-bond acceptors (Lipinski definition) is 3. The first-order valence-electron chi connectivity index (χ1n) is 6.95. The van der Waals surface area contributed by atoms with E-state index in [1.807, 2.05) is 18.2 Å². The molecule has 0 radical (unpaired) electrons. The smallest absolute Gasteiger partial charge is 0.123 e. The van der Waals surface area contributed by atoms with Crippen molar-refractivity contribution in [2.45, 2.75) is 27.2 Å². The molecule has 2 rings (SSSR count). The van der Waals surface area contributed by atoms with Crippen molar-refractivity contribution < 1.29 is 4.74 Å². The van der Waals surface area contributed by atoms with Gasteiger partial charge in [-0.1, -0.05) is 13.0 Å². The third-order valence-corrected chi connectivity index (χ3v) is 2.91. The monoisotopic (exact) mass is 270 g/mol. The van der Waals surface area contributed by atoms with Gasteiger partial charge in [-0.2, -0.15) is 0 Å². The number of aryl methyl sites for hydroxylation is 2. The number of nitrogens with two attached hydrogens (primary N) is 1. The van der Waals surface area contributed by atoms with Gasteiger partial charge in [-0.15, -0.1) is 0 Å². The first-order chi connectivity index (χ1) is 9.56. The van der Waals surface area contributed by atoms with E-state index in [4.69, 9.17) is 10.5 Å². The quantitative estimate of drug-likeness (QED) is 0.791. The minimum atomic E-state index is 0.700. The van der Waals surface area contributed by atoms with E-state index in [0.29, 0.717) is 12.3 Å². The number of hydrogen-bond donors (Lipinski definition) is 2. The van der Waals surface area contributed by atoms with Gasteiger partial charge in [0, 0.05) is 29.2 Å². The Labute approximate surface area is 120 Å². The summed E-state index contributed by atoms with van der Waals surface area (Å²) < 4.78 is 5.64. The van der Waals surface area contributed by atoms with E-state index in [-0.39, 0.29) is 0 Å². The predicted octanol–water partition coefficient (Wildman–Crippen LogP) is 4.42. The molecule has 20 heavy (non-hydrogen) atoms. The molecule has 0 saturated heterocycles. The first kappa shape index (κ1) is 14.3. The topological polar surface area (TPSA) is 47.3 Å². The van der Waals surface area contributed by atoms with Gasteiger partial charge >= 0.3 is 0 Å². The summed E-state index contributed by atoms with van der Waals surface area (Å²) in [7, 11) is 0. The van der Waals surface area contributed by atoms with Crippen molar-refractivity contribution in [1.82, 2.24) is 0 Å². The predicted molar refractivity (Wildman–Crippen MR) is 85.8 cm³/mol. The Bertz CT molecular complexity index is 573. The molecule has 2 aromatic carbocycles. The molecule has 2 aromatic rings. The van der Waals surface area contributed by atoms with Crippen LogP contribution < -0.4 is 15.8 Å². The van der Waals surface area contributed by atoms with Crippen molar-refractivity contribution in [2.24, 2.45) is 0 Å². The van der Waals surface area contributed by atoms with Gasteiger partial charge in [0.15, 0.2) is 0 Å². The highest BCUT2D eigenvalue weighted by atomic mass is 16.5. The molecule has 3 N–H and O–H groups in total. The molecule has 0 spiro atoms. The summed E-state index contributed by atoms with van der Waals surface area (Å²) >= 11 is 0. The van der Waals surface area contributed by atoms with Crippen molar-refractivity contribution in [3.8, 4) is 5.75 Å². The van der Waals surface area contributed by atoms with Gasteiger partial charge in [0.25, 0.3) is 0 Å². The lowest BCUT2D eigenvalue weighted by molar-refractivity contribution is 0.318. The molecule has 3 nitrogen and oxygen atoms in total. The maximum atomic E-state index is 5.92. The van der Waals surface area contributed by atoms with Crippen molar-refractivity contribution in [1.29, 1.82) is 0 Å². The molecule has 0 amide bonds. The summed E-state index contributed by atoms with van der Waals surface area (Å²) in [6.07, 6.45) is 0.981. The van der Waals surface area contributed by atoms with Gasteiger partial charge in [0.2, 0.25) is 0 Å². The fraction of sp³-hybridized carbons (Fsp3) is 0.294. The molecule has 0 unspecified atom stereocenters. The van der Waals surface area contributed by atoms with Gasteiger partial charge < -0.3 is 15.8 Å². The maximum Gasteiger partial charge on any atom is 0.123 e. The van der Waals surface area contributed by atoms with E-state index in [9.17, 15) is 0 Å². The molecular weight excluding hydrogens is 248 g/mol. The number of ether oxygens (including phenoxy) is 1. The van der Waals surface area contributed by atoms with Crippen LogP contribution in [-0.2, 0) is 0 Å². The lowest BCUT2D eigenvalue weighted by Crippen LogP contribution is -1.98. The Morgan fingerprint density at radius 2 is 1.60 bits per heavy atom. The highest BCUT2D eigenvalue weighted by Gasteiger charge is 2.02. The van der Waals surface area contributed by atoms with Crippen LogP contribution in [0.1, 0.15) is 24.5 Å². The zero-order chi connectivity index (χ0) is 14.5. The first-order valence-corrected chi connectivity index (χ1v) is 6.95. The molecule has 0 bridgehead atoms. The third-order valence-electron chi connectivity index (χ3n) is 2.91. The van der Waals surface area contributed by atoms with Crippen molar-refractivity contribution in [3.05, 3.63) is 47.5 Å². The van der Waals surface area contributed by atoms with Crippen LogP contribution in [0.5, 0.6) is 5.75 Å². The summed E-state index contributed by atoms with van der Waals surface area (Å²) in [4.78, 5) is 0.